The van der Waals surface area contributed by atoms with Crippen molar-refractivity contribution in [3.05, 3.63) is 36.2 Å². The predicted octanol–water partition coefficient (Wildman–Crippen LogP) is 2.97. The third-order valence-corrected chi connectivity index (χ3v) is 2.70. The summed E-state index contributed by atoms with van der Waals surface area (Å²) in [6, 6.07) is 8.91. The van der Waals surface area contributed by atoms with E-state index in [0.29, 0.717) is 28.8 Å². The Balaban J connectivity index is 2.28. The lowest BCUT2D eigenvalue weighted by atomic mass is 10.2. The summed E-state index contributed by atoms with van der Waals surface area (Å²) in [6.07, 6.45) is 2.37. The van der Waals surface area contributed by atoms with Gasteiger partial charge < -0.3 is 14.8 Å². The average molecular weight is 284 g/mol. The van der Waals surface area contributed by atoms with E-state index < -0.39 is 0 Å². The molecule has 0 saturated carbocycles. The van der Waals surface area contributed by atoms with Crippen LogP contribution >= 0.6 is 0 Å². The fourth-order valence-electron chi connectivity index (χ4n) is 1.72. The molecule has 0 fully saturated rings. The maximum absolute atomic E-state index is 8.90. The van der Waals surface area contributed by atoms with Gasteiger partial charge in [-0.1, -0.05) is 13.0 Å². The number of methoxy groups -OCH3 is 1. The molecule has 0 amide bonds. The Morgan fingerprint density at radius 3 is 2.90 bits per heavy atom. The maximum atomic E-state index is 8.90. The molecule has 2 rings (SSSR count). The molecule has 21 heavy (non-hydrogen) atoms. The molecule has 0 radical (unpaired) electrons. The number of anilines is 1. The van der Waals surface area contributed by atoms with Gasteiger partial charge in [0.1, 0.15) is 12.1 Å². The number of hydrogen-bond acceptors (Lipinski definition) is 6. The number of nitrogens with zero attached hydrogens (tertiary/aromatic N) is 3. The van der Waals surface area contributed by atoms with Crippen LogP contribution in [0.5, 0.6) is 17.4 Å². The van der Waals surface area contributed by atoms with Gasteiger partial charge in [-0.15, -0.1) is 0 Å². The van der Waals surface area contributed by atoms with Crippen LogP contribution in [-0.4, -0.2) is 23.6 Å². The summed E-state index contributed by atoms with van der Waals surface area (Å²) in [5, 5.41) is 12.1. The van der Waals surface area contributed by atoms with Gasteiger partial charge in [0.25, 0.3) is 5.88 Å². The van der Waals surface area contributed by atoms with Crippen molar-refractivity contribution in [2.75, 3.05) is 19.0 Å². The molecule has 0 aliphatic carbocycles. The normalized spacial score (nSPS) is 9.76. The Bertz CT molecular complexity index is 652. The lowest BCUT2D eigenvalue weighted by Gasteiger charge is -2.13. The zero-order chi connectivity index (χ0) is 15.1. The molecule has 0 atom stereocenters. The van der Waals surface area contributed by atoms with Crippen LogP contribution < -0.4 is 14.8 Å². The molecule has 6 nitrogen and oxygen atoms in total. The third-order valence-electron chi connectivity index (χ3n) is 2.70. The first-order valence-electron chi connectivity index (χ1n) is 6.59. The minimum absolute atomic E-state index is 0.307. The summed E-state index contributed by atoms with van der Waals surface area (Å²) in [4.78, 5) is 8.23. The lowest BCUT2D eigenvalue weighted by Crippen LogP contribution is -2.05. The molecule has 1 aromatic carbocycles. The first-order valence-corrected chi connectivity index (χ1v) is 6.59. The third kappa shape index (κ3) is 3.60. The van der Waals surface area contributed by atoms with E-state index in [-0.39, 0.29) is 0 Å². The predicted molar refractivity (Wildman–Crippen MR) is 78.6 cm³/mol. The maximum Gasteiger partial charge on any atom is 0.268 e. The van der Waals surface area contributed by atoms with Crippen LogP contribution in [0.25, 0.3) is 0 Å². The summed E-state index contributed by atoms with van der Waals surface area (Å²) >= 11 is 0. The minimum atomic E-state index is 0.307. The molecular formula is C15H16N4O2. The second-order valence-electron chi connectivity index (χ2n) is 4.23. The van der Waals surface area contributed by atoms with Crippen molar-refractivity contribution in [1.29, 1.82) is 5.26 Å². The summed E-state index contributed by atoms with van der Waals surface area (Å²) in [7, 11) is 1.54. The Morgan fingerprint density at radius 2 is 2.19 bits per heavy atom. The fraction of sp³-hybridized carbons (Fsp3) is 0.267. The van der Waals surface area contributed by atoms with Crippen molar-refractivity contribution in [3.63, 3.8) is 0 Å². The highest BCUT2D eigenvalue weighted by molar-refractivity contribution is 5.56. The number of nitrogens with one attached hydrogen (secondary N) is 1. The van der Waals surface area contributed by atoms with E-state index in [1.165, 1.54) is 13.4 Å². The van der Waals surface area contributed by atoms with Gasteiger partial charge in [0.15, 0.2) is 5.82 Å². The lowest BCUT2D eigenvalue weighted by molar-refractivity contribution is 0.369. The van der Waals surface area contributed by atoms with Crippen LogP contribution in [0.4, 0.5) is 5.82 Å². The van der Waals surface area contributed by atoms with Gasteiger partial charge in [0.05, 0.1) is 18.7 Å². The summed E-state index contributed by atoms with van der Waals surface area (Å²) in [6.45, 7) is 2.84. The van der Waals surface area contributed by atoms with Crippen LogP contribution in [0.2, 0.25) is 0 Å². The van der Waals surface area contributed by atoms with Gasteiger partial charge in [-0.05, 0) is 24.6 Å². The molecule has 6 heteroatoms. The van der Waals surface area contributed by atoms with E-state index in [2.05, 4.69) is 28.3 Å². The summed E-state index contributed by atoms with van der Waals surface area (Å²) in [5.74, 6) is 1.85. The molecule has 2 aromatic rings. The monoisotopic (exact) mass is 284 g/mol. The highest BCUT2D eigenvalue weighted by Gasteiger charge is 2.14. The molecule has 0 saturated heterocycles. The molecule has 108 valence electrons. The zero-order valence-electron chi connectivity index (χ0n) is 12.0. The van der Waals surface area contributed by atoms with Crippen LogP contribution in [0.3, 0.4) is 0 Å². The topological polar surface area (TPSA) is 80.1 Å². The van der Waals surface area contributed by atoms with Crippen LogP contribution in [0, 0.1) is 11.3 Å². The highest BCUT2D eigenvalue weighted by atomic mass is 16.5. The highest BCUT2D eigenvalue weighted by Crippen LogP contribution is 2.34. The van der Waals surface area contributed by atoms with Crippen molar-refractivity contribution < 1.29 is 9.47 Å². The first-order chi connectivity index (χ1) is 10.3. The van der Waals surface area contributed by atoms with Gasteiger partial charge in [-0.3, -0.25) is 0 Å². The van der Waals surface area contributed by atoms with Crippen molar-refractivity contribution in [3.8, 4) is 23.4 Å². The fourth-order valence-corrected chi connectivity index (χ4v) is 1.72. The number of hydrogen-bond donors (Lipinski definition) is 1. The largest absolute Gasteiger partial charge is 0.489 e. The Morgan fingerprint density at radius 1 is 1.33 bits per heavy atom. The molecule has 0 spiro atoms. The number of aromatic nitrogens is 2. The molecule has 0 aliphatic rings. The van der Waals surface area contributed by atoms with Gasteiger partial charge >= 0.3 is 0 Å². The van der Waals surface area contributed by atoms with Gasteiger partial charge in [0.2, 0.25) is 5.75 Å². The van der Waals surface area contributed by atoms with Crippen molar-refractivity contribution in [2.24, 2.45) is 0 Å². The van der Waals surface area contributed by atoms with Crippen molar-refractivity contribution in [1.82, 2.24) is 9.97 Å². The molecule has 1 N–H and O–H groups in total. The van der Waals surface area contributed by atoms with Crippen LogP contribution in [-0.2, 0) is 0 Å². The van der Waals surface area contributed by atoms with Crippen molar-refractivity contribution >= 4 is 5.82 Å². The quantitative estimate of drug-likeness (QED) is 0.878. The van der Waals surface area contributed by atoms with Crippen molar-refractivity contribution in [2.45, 2.75) is 13.3 Å². The Hall–Kier alpha value is -2.81. The smallest absolute Gasteiger partial charge is 0.268 e. The molecule has 0 unspecified atom stereocenters. The first kappa shape index (κ1) is 14.6. The van der Waals surface area contributed by atoms with E-state index in [9.17, 15) is 0 Å². The molecule has 0 bridgehead atoms. The number of nitriles is 1. The van der Waals surface area contributed by atoms with E-state index in [4.69, 9.17) is 14.7 Å². The number of rotatable bonds is 6. The Kier molecular flexibility index (Phi) is 4.94. The summed E-state index contributed by atoms with van der Waals surface area (Å²) in [5.41, 5.74) is 0.518. The average Bonchev–Trinajstić information content (AvgIpc) is 2.53. The van der Waals surface area contributed by atoms with E-state index in [1.54, 1.807) is 24.3 Å². The standard InChI is InChI=1S/C15H16N4O2/c1-3-7-17-14-13(20-2)15(19-10-18-14)21-12-6-4-5-11(8-12)9-16/h4-6,8,10H,3,7H2,1-2H3,(H,17,18,19). The molecule has 1 aromatic heterocycles. The van der Waals surface area contributed by atoms with Gasteiger partial charge in [-0.2, -0.15) is 10.2 Å². The molecule has 0 aliphatic heterocycles. The van der Waals surface area contributed by atoms with Crippen LogP contribution in [0.15, 0.2) is 30.6 Å². The molecular weight excluding hydrogens is 268 g/mol. The second-order valence-corrected chi connectivity index (χ2v) is 4.23. The van der Waals surface area contributed by atoms with E-state index in [0.717, 1.165) is 13.0 Å². The zero-order valence-corrected chi connectivity index (χ0v) is 12.0. The number of ether oxygens (including phenoxy) is 2. The van der Waals surface area contributed by atoms with E-state index >= 15 is 0 Å². The minimum Gasteiger partial charge on any atom is -0.489 e. The molecule has 1 heterocycles. The van der Waals surface area contributed by atoms with Gasteiger partial charge in [-0.25, -0.2) is 4.98 Å². The van der Waals surface area contributed by atoms with Gasteiger partial charge in [0, 0.05) is 6.54 Å². The second kappa shape index (κ2) is 7.10. The van der Waals surface area contributed by atoms with Crippen LogP contribution in [0.1, 0.15) is 18.9 Å². The number of benzene rings is 1. The Labute approximate surface area is 123 Å². The SMILES string of the molecule is CCCNc1ncnc(Oc2cccc(C#N)c2)c1OC. The summed E-state index contributed by atoms with van der Waals surface area (Å²) < 4.78 is 11.0. The van der Waals surface area contributed by atoms with E-state index in [1.807, 2.05) is 0 Å².